The second kappa shape index (κ2) is 17.6. The molecule has 0 heterocycles. The molecule has 46 heavy (non-hydrogen) atoms. The number of sulfonamides is 1. The van der Waals surface area contributed by atoms with Gasteiger partial charge in [0.1, 0.15) is 12.2 Å². The van der Waals surface area contributed by atoms with Crippen LogP contribution < -0.4 is 16.4 Å². The third-order valence-corrected chi connectivity index (χ3v) is 9.70. The van der Waals surface area contributed by atoms with E-state index in [4.69, 9.17) is 10.5 Å². The molecule has 3 aromatic rings. The van der Waals surface area contributed by atoms with Crippen molar-refractivity contribution in [1.82, 2.24) is 14.9 Å². The fourth-order valence-corrected chi connectivity index (χ4v) is 6.83. The van der Waals surface area contributed by atoms with Crippen molar-refractivity contribution in [1.29, 1.82) is 0 Å². The molecular weight excluding hydrogens is 611 g/mol. The van der Waals surface area contributed by atoms with Gasteiger partial charge < -0.3 is 26.2 Å². The summed E-state index contributed by atoms with van der Waals surface area (Å²) in [5.41, 5.74) is 7.67. The zero-order valence-corrected chi connectivity index (χ0v) is 27.3. The van der Waals surface area contributed by atoms with Crippen LogP contribution in [0, 0.1) is 5.92 Å². The zero-order valence-electron chi connectivity index (χ0n) is 26.5. The van der Waals surface area contributed by atoms with Gasteiger partial charge in [-0.3, -0.25) is 4.79 Å². The van der Waals surface area contributed by atoms with E-state index in [0.717, 1.165) is 11.1 Å². The number of nitrogens with zero attached hydrogens (tertiary/aromatic N) is 1. The maximum absolute atomic E-state index is 15.4. The van der Waals surface area contributed by atoms with Crippen LogP contribution in [0.25, 0.3) is 0 Å². The van der Waals surface area contributed by atoms with Gasteiger partial charge in [-0.15, -0.1) is 0 Å². The molecule has 5 N–H and O–H groups in total. The molecule has 3 rings (SSSR count). The SMILES string of the molecule is COC(=O)N[C@H](C(=O)NCC(F)CC[C@@H](CO)N(CCC(C)C)S(=O)(=O)c1ccc(N)cc1)C(c1ccccc1)c1ccccc1. The Morgan fingerprint density at radius 3 is 1.98 bits per heavy atom. The van der Waals surface area contributed by atoms with E-state index in [0.29, 0.717) is 12.1 Å². The van der Waals surface area contributed by atoms with E-state index in [2.05, 4.69) is 10.6 Å². The summed E-state index contributed by atoms with van der Waals surface area (Å²) in [5.74, 6) is -1.03. The lowest BCUT2D eigenvalue weighted by Gasteiger charge is -2.31. The fourth-order valence-electron chi connectivity index (χ4n) is 5.17. The molecule has 2 amide bonds. The summed E-state index contributed by atoms with van der Waals surface area (Å²) in [5, 5.41) is 15.5. The van der Waals surface area contributed by atoms with E-state index in [1.807, 2.05) is 74.5 Å². The molecule has 0 saturated heterocycles. The molecule has 0 radical (unpaired) electrons. The summed E-state index contributed by atoms with van der Waals surface area (Å²) in [6, 6.07) is 22.1. The Balaban J connectivity index is 1.75. The summed E-state index contributed by atoms with van der Waals surface area (Å²) >= 11 is 0. The first kappa shape index (κ1) is 36.5. The number of nitrogens with one attached hydrogen (secondary N) is 2. The Morgan fingerprint density at radius 1 is 0.913 bits per heavy atom. The lowest BCUT2D eigenvalue weighted by atomic mass is 9.84. The zero-order chi connectivity index (χ0) is 33.7. The van der Waals surface area contributed by atoms with E-state index in [1.54, 1.807) is 0 Å². The van der Waals surface area contributed by atoms with E-state index in [1.165, 1.54) is 35.7 Å². The van der Waals surface area contributed by atoms with Crippen molar-refractivity contribution >= 4 is 27.7 Å². The minimum atomic E-state index is -4.01. The number of hydrogen-bond donors (Lipinski definition) is 4. The van der Waals surface area contributed by atoms with Crippen molar-refractivity contribution < 1.29 is 32.2 Å². The Bertz CT molecular complexity index is 1440. The number of benzene rings is 3. The minimum absolute atomic E-state index is 0.0142. The van der Waals surface area contributed by atoms with Gasteiger partial charge in [0.2, 0.25) is 15.9 Å². The van der Waals surface area contributed by atoms with Crippen molar-refractivity contribution in [3.8, 4) is 0 Å². The van der Waals surface area contributed by atoms with Crippen LogP contribution in [0.5, 0.6) is 0 Å². The molecule has 0 saturated carbocycles. The number of rotatable bonds is 17. The first-order chi connectivity index (χ1) is 22.0. The minimum Gasteiger partial charge on any atom is -0.453 e. The predicted molar refractivity (Wildman–Crippen MR) is 176 cm³/mol. The van der Waals surface area contributed by atoms with Crippen LogP contribution in [0.1, 0.15) is 50.2 Å². The van der Waals surface area contributed by atoms with Crippen molar-refractivity contribution in [2.75, 3.05) is 32.5 Å². The number of anilines is 1. The second-order valence-electron chi connectivity index (χ2n) is 11.5. The Hall–Kier alpha value is -4.00. The van der Waals surface area contributed by atoms with Crippen LogP contribution in [-0.2, 0) is 19.6 Å². The second-order valence-corrected chi connectivity index (χ2v) is 13.4. The number of amides is 2. The lowest BCUT2D eigenvalue weighted by molar-refractivity contribution is -0.123. The number of aliphatic hydroxyl groups excluding tert-OH is 1. The van der Waals surface area contributed by atoms with E-state index in [-0.39, 0.29) is 36.7 Å². The standard InChI is InChI=1S/C34H45FN4O6S/c1-24(2)20-21-39(46(43,44)30-18-15-28(36)16-19-30)29(23-40)17-14-27(35)22-37-33(41)32(38-34(42)45-3)31(25-10-6-4-7-11-25)26-12-8-5-9-13-26/h4-13,15-16,18-19,24,27,29,31-32,40H,14,17,20-23,36H2,1-3H3,(H,37,41)(H,38,42)/t27?,29-,32-/m0/s1. The number of halogens is 1. The maximum Gasteiger partial charge on any atom is 0.407 e. The Kier molecular flexibility index (Phi) is 14.0. The number of nitrogens with two attached hydrogens (primary N) is 1. The number of ether oxygens (including phenoxy) is 1. The highest BCUT2D eigenvalue weighted by atomic mass is 32.2. The van der Waals surface area contributed by atoms with E-state index >= 15 is 4.39 Å². The number of carbonyl (C=O) groups excluding carboxylic acids is 2. The van der Waals surface area contributed by atoms with Gasteiger partial charge in [-0.25, -0.2) is 17.6 Å². The number of hydrogen-bond acceptors (Lipinski definition) is 7. The first-order valence-electron chi connectivity index (χ1n) is 15.3. The van der Waals surface area contributed by atoms with Crippen molar-refractivity contribution in [2.24, 2.45) is 5.92 Å². The molecule has 0 aliphatic rings. The van der Waals surface area contributed by atoms with E-state index < -0.39 is 52.8 Å². The lowest BCUT2D eigenvalue weighted by Crippen LogP contribution is -2.51. The van der Waals surface area contributed by atoms with Crippen LogP contribution in [0.3, 0.4) is 0 Å². The van der Waals surface area contributed by atoms with Gasteiger partial charge in [-0.2, -0.15) is 4.31 Å². The Labute approximate surface area is 271 Å². The van der Waals surface area contributed by atoms with Crippen LogP contribution in [0.4, 0.5) is 14.9 Å². The van der Waals surface area contributed by atoms with Gasteiger partial charge >= 0.3 is 6.09 Å². The average Bonchev–Trinajstić information content (AvgIpc) is 3.05. The molecule has 0 fully saturated rings. The summed E-state index contributed by atoms with van der Waals surface area (Å²) in [6.07, 6.45) is -1.95. The molecule has 0 aliphatic carbocycles. The topological polar surface area (TPSA) is 151 Å². The molecule has 3 atom stereocenters. The molecular formula is C34H45FN4O6S. The number of alkyl halides is 1. The molecule has 0 spiro atoms. The van der Waals surface area contributed by atoms with Crippen LogP contribution >= 0.6 is 0 Å². The predicted octanol–water partition coefficient (Wildman–Crippen LogP) is 4.46. The third kappa shape index (κ3) is 10.3. The number of alkyl carbamates (subject to hydrolysis) is 1. The summed E-state index contributed by atoms with van der Waals surface area (Å²) in [7, 11) is -2.82. The van der Waals surface area contributed by atoms with E-state index in [9.17, 15) is 23.1 Å². The van der Waals surface area contributed by atoms with Gasteiger partial charge in [-0.05, 0) is 60.6 Å². The largest absolute Gasteiger partial charge is 0.453 e. The maximum atomic E-state index is 15.4. The molecule has 250 valence electrons. The summed E-state index contributed by atoms with van der Waals surface area (Å²) < 4.78 is 48.5. The number of carbonyl (C=O) groups is 2. The van der Waals surface area contributed by atoms with Crippen LogP contribution in [0.2, 0.25) is 0 Å². The van der Waals surface area contributed by atoms with Gasteiger partial charge in [0.05, 0.1) is 18.6 Å². The fraction of sp³-hybridized carbons (Fsp3) is 0.412. The molecule has 12 heteroatoms. The summed E-state index contributed by atoms with van der Waals surface area (Å²) in [6.45, 7) is 3.18. The molecule has 3 aromatic carbocycles. The summed E-state index contributed by atoms with van der Waals surface area (Å²) in [4.78, 5) is 25.9. The molecule has 1 unspecified atom stereocenters. The van der Waals surface area contributed by atoms with Crippen molar-refractivity contribution in [3.63, 3.8) is 0 Å². The average molecular weight is 657 g/mol. The van der Waals surface area contributed by atoms with Gasteiger partial charge in [0, 0.05) is 30.7 Å². The molecule has 0 bridgehead atoms. The quantitative estimate of drug-likeness (QED) is 0.157. The number of aliphatic hydroxyl groups is 1. The third-order valence-electron chi connectivity index (χ3n) is 7.73. The normalized spacial score (nSPS) is 13.7. The first-order valence-corrected chi connectivity index (χ1v) is 16.8. The van der Waals surface area contributed by atoms with Crippen molar-refractivity contribution in [2.45, 2.75) is 62.2 Å². The van der Waals surface area contributed by atoms with Crippen molar-refractivity contribution in [3.05, 3.63) is 96.1 Å². The highest BCUT2D eigenvalue weighted by Gasteiger charge is 2.34. The van der Waals surface area contributed by atoms with Gasteiger partial charge in [-0.1, -0.05) is 74.5 Å². The smallest absolute Gasteiger partial charge is 0.407 e. The highest BCUT2D eigenvalue weighted by molar-refractivity contribution is 7.89. The van der Waals surface area contributed by atoms with Crippen LogP contribution in [0.15, 0.2) is 89.8 Å². The van der Waals surface area contributed by atoms with Gasteiger partial charge in [0.15, 0.2) is 0 Å². The monoisotopic (exact) mass is 656 g/mol. The molecule has 10 nitrogen and oxygen atoms in total. The highest BCUT2D eigenvalue weighted by Crippen LogP contribution is 2.29. The molecule has 0 aliphatic heterocycles. The number of nitrogen functional groups attached to an aromatic ring is 1. The van der Waals surface area contributed by atoms with Crippen LogP contribution in [-0.4, -0.2) is 74.9 Å². The molecule has 0 aromatic heterocycles. The van der Waals surface area contributed by atoms with Gasteiger partial charge in [0.25, 0.3) is 0 Å². The number of methoxy groups -OCH3 is 1. The Morgan fingerprint density at radius 2 is 1.48 bits per heavy atom.